The Bertz CT molecular complexity index is 717. The lowest BCUT2D eigenvalue weighted by Crippen LogP contribution is -2.31. The number of aliphatic imine (C=N–C) groups is 1. The molecule has 0 amide bonds. The summed E-state index contributed by atoms with van der Waals surface area (Å²) in [5.41, 5.74) is 8.01. The van der Waals surface area contributed by atoms with Crippen molar-refractivity contribution in [1.29, 1.82) is 0 Å². The van der Waals surface area contributed by atoms with E-state index >= 15 is 0 Å². The van der Waals surface area contributed by atoms with Crippen LogP contribution in [0.4, 0.5) is 0 Å². The number of guanidine groups is 1. The summed E-state index contributed by atoms with van der Waals surface area (Å²) in [7, 11) is 3.22. The molecule has 0 heterocycles. The Kier molecular flexibility index (Phi) is 6.95. The summed E-state index contributed by atoms with van der Waals surface area (Å²) >= 11 is 0. The van der Waals surface area contributed by atoms with Gasteiger partial charge in [0, 0.05) is 6.54 Å². The van der Waals surface area contributed by atoms with Crippen molar-refractivity contribution in [1.82, 2.24) is 5.32 Å². The second kappa shape index (κ2) is 9.42. The van der Waals surface area contributed by atoms with Gasteiger partial charge in [-0.15, -0.1) is 0 Å². The van der Waals surface area contributed by atoms with Gasteiger partial charge in [-0.3, -0.25) is 0 Å². The molecule has 0 spiro atoms. The monoisotopic (exact) mass is 343 g/mol. The predicted molar refractivity (Wildman–Crippen MR) is 99.3 cm³/mol. The van der Waals surface area contributed by atoms with Crippen LogP contribution in [0.25, 0.3) is 0 Å². The molecule has 25 heavy (non-hydrogen) atoms. The molecular formula is C19H25N3O3. The predicted octanol–water partition coefficient (Wildman–Crippen LogP) is 2.71. The zero-order chi connectivity index (χ0) is 18.1. The summed E-state index contributed by atoms with van der Waals surface area (Å²) in [6.45, 7) is 3.64. The van der Waals surface area contributed by atoms with Crippen molar-refractivity contribution < 1.29 is 14.2 Å². The number of hydrogen-bond donors (Lipinski definition) is 2. The number of hydrogen-bond acceptors (Lipinski definition) is 4. The molecule has 0 bridgehead atoms. The van der Waals surface area contributed by atoms with Crippen LogP contribution < -0.4 is 25.3 Å². The number of ether oxygens (including phenoxy) is 3. The molecule has 6 heteroatoms. The molecule has 0 fully saturated rings. The van der Waals surface area contributed by atoms with Crippen molar-refractivity contribution in [3.63, 3.8) is 0 Å². The second-order valence-electron chi connectivity index (χ2n) is 5.32. The Hall–Kier alpha value is -2.89. The molecule has 2 aromatic carbocycles. The van der Waals surface area contributed by atoms with Gasteiger partial charge in [0.2, 0.25) is 0 Å². The normalized spacial score (nSPS) is 11.1. The minimum Gasteiger partial charge on any atom is -0.494 e. The first kappa shape index (κ1) is 18.4. The van der Waals surface area contributed by atoms with Gasteiger partial charge in [0.15, 0.2) is 17.5 Å². The molecule has 0 saturated heterocycles. The third-order valence-electron chi connectivity index (χ3n) is 3.56. The molecule has 2 rings (SSSR count). The summed E-state index contributed by atoms with van der Waals surface area (Å²) in [5, 5.41) is 3.10. The highest BCUT2D eigenvalue weighted by atomic mass is 16.5. The highest BCUT2D eigenvalue weighted by Gasteiger charge is 2.04. The Balaban J connectivity index is 1.92. The lowest BCUT2D eigenvalue weighted by Gasteiger charge is -2.10. The van der Waals surface area contributed by atoms with Gasteiger partial charge >= 0.3 is 0 Å². The molecule has 0 aliphatic rings. The fraction of sp³-hybridized carbons (Fsp3) is 0.316. The largest absolute Gasteiger partial charge is 0.494 e. The van der Waals surface area contributed by atoms with Gasteiger partial charge in [0.25, 0.3) is 0 Å². The molecule has 0 saturated carbocycles. The summed E-state index contributed by atoms with van der Waals surface area (Å²) in [6, 6.07) is 13.6. The number of methoxy groups -OCH3 is 2. The highest BCUT2D eigenvalue weighted by molar-refractivity contribution is 5.77. The van der Waals surface area contributed by atoms with E-state index in [-0.39, 0.29) is 0 Å². The van der Waals surface area contributed by atoms with Crippen LogP contribution in [0, 0.1) is 0 Å². The Morgan fingerprint density at radius 1 is 1.04 bits per heavy atom. The Labute approximate surface area is 148 Å². The van der Waals surface area contributed by atoms with Crippen LogP contribution in [-0.4, -0.2) is 26.8 Å². The van der Waals surface area contributed by atoms with Crippen molar-refractivity contribution in [2.45, 2.75) is 20.0 Å². The first-order valence-corrected chi connectivity index (χ1v) is 8.12. The van der Waals surface area contributed by atoms with E-state index in [4.69, 9.17) is 19.9 Å². The highest BCUT2D eigenvalue weighted by Crippen LogP contribution is 2.27. The molecule has 3 N–H and O–H groups in total. The van der Waals surface area contributed by atoms with E-state index in [9.17, 15) is 0 Å². The van der Waals surface area contributed by atoms with Gasteiger partial charge in [0.1, 0.15) is 5.75 Å². The zero-order valence-corrected chi connectivity index (χ0v) is 14.9. The molecule has 2 aromatic rings. The fourth-order valence-electron chi connectivity index (χ4n) is 2.32. The zero-order valence-electron chi connectivity index (χ0n) is 14.9. The van der Waals surface area contributed by atoms with Crippen LogP contribution in [0.15, 0.2) is 47.5 Å². The van der Waals surface area contributed by atoms with Crippen LogP contribution in [-0.2, 0) is 13.1 Å². The van der Waals surface area contributed by atoms with Crippen molar-refractivity contribution in [3.8, 4) is 17.2 Å². The molecule has 134 valence electrons. The number of rotatable bonds is 8. The number of nitrogens with one attached hydrogen (secondary N) is 1. The fourth-order valence-corrected chi connectivity index (χ4v) is 2.32. The van der Waals surface area contributed by atoms with E-state index in [2.05, 4.69) is 10.3 Å². The topological polar surface area (TPSA) is 78.1 Å². The van der Waals surface area contributed by atoms with Crippen LogP contribution in [0.1, 0.15) is 18.1 Å². The van der Waals surface area contributed by atoms with Crippen LogP contribution in [0.2, 0.25) is 0 Å². The maximum atomic E-state index is 5.94. The summed E-state index contributed by atoms with van der Waals surface area (Å²) in [5.74, 6) is 2.61. The molecule has 0 unspecified atom stereocenters. The lowest BCUT2D eigenvalue weighted by atomic mass is 10.2. The minimum absolute atomic E-state index is 0.386. The molecular weight excluding hydrogens is 318 g/mol. The van der Waals surface area contributed by atoms with E-state index in [0.717, 1.165) is 16.9 Å². The number of nitrogens with zero attached hydrogens (tertiary/aromatic N) is 1. The Morgan fingerprint density at radius 3 is 2.56 bits per heavy atom. The molecule has 0 aliphatic heterocycles. The first-order chi connectivity index (χ1) is 12.2. The number of nitrogens with two attached hydrogens (primary N) is 1. The van der Waals surface area contributed by atoms with Crippen LogP contribution in [0.3, 0.4) is 0 Å². The molecule has 0 aliphatic carbocycles. The first-order valence-electron chi connectivity index (χ1n) is 8.12. The molecule has 0 atom stereocenters. The van der Waals surface area contributed by atoms with Crippen molar-refractivity contribution >= 4 is 5.96 Å². The quantitative estimate of drug-likeness (QED) is 0.569. The van der Waals surface area contributed by atoms with E-state index in [0.29, 0.717) is 37.2 Å². The van der Waals surface area contributed by atoms with Crippen LogP contribution >= 0.6 is 0 Å². The van der Waals surface area contributed by atoms with Gasteiger partial charge in [-0.1, -0.05) is 18.2 Å². The SMILES string of the molecule is CCOc1cccc(CN=C(N)NCc2ccc(OC)c(OC)c2)c1. The molecule has 6 nitrogen and oxygen atoms in total. The van der Waals surface area contributed by atoms with Crippen molar-refractivity contribution in [3.05, 3.63) is 53.6 Å². The van der Waals surface area contributed by atoms with Gasteiger partial charge in [-0.05, 0) is 42.3 Å². The van der Waals surface area contributed by atoms with E-state index in [1.165, 1.54) is 0 Å². The van der Waals surface area contributed by atoms with E-state index < -0.39 is 0 Å². The van der Waals surface area contributed by atoms with Gasteiger partial charge in [0.05, 0.1) is 27.4 Å². The van der Waals surface area contributed by atoms with Gasteiger partial charge in [-0.2, -0.15) is 0 Å². The standard InChI is InChI=1S/C19H25N3O3/c1-4-25-16-7-5-6-14(10-16)12-21-19(20)22-13-15-8-9-17(23-2)18(11-15)24-3/h5-11H,4,12-13H2,1-3H3,(H3,20,21,22). The lowest BCUT2D eigenvalue weighted by molar-refractivity contribution is 0.340. The third kappa shape index (κ3) is 5.60. The van der Waals surface area contributed by atoms with Gasteiger partial charge < -0.3 is 25.3 Å². The third-order valence-corrected chi connectivity index (χ3v) is 3.56. The molecule has 0 radical (unpaired) electrons. The minimum atomic E-state index is 0.386. The van der Waals surface area contributed by atoms with Crippen molar-refractivity contribution in [2.24, 2.45) is 10.7 Å². The van der Waals surface area contributed by atoms with Crippen molar-refractivity contribution in [2.75, 3.05) is 20.8 Å². The maximum Gasteiger partial charge on any atom is 0.189 e. The second-order valence-corrected chi connectivity index (χ2v) is 5.32. The number of benzene rings is 2. The smallest absolute Gasteiger partial charge is 0.189 e. The average Bonchev–Trinajstić information content (AvgIpc) is 2.65. The maximum absolute atomic E-state index is 5.94. The summed E-state index contributed by atoms with van der Waals surface area (Å²) < 4.78 is 16.0. The summed E-state index contributed by atoms with van der Waals surface area (Å²) in [4.78, 5) is 4.36. The van der Waals surface area contributed by atoms with E-state index in [1.54, 1.807) is 14.2 Å². The van der Waals surface area contributed by atoms with Gasteiger partial charge in [-0.25, -0.2) is 4.99 Å². The van der Waals surface area contributed by atoms with Crippen LogP contribution in [0.5, 0.6) is 17.2 Å². The Morgan fingerprint density at radius 2 is 1.84 bits per heavy atom. The van der Waals surface area contributed by atoms with E-state index in [1.807, 2.05) is 49.4 Å². The molecule has 0 aromatic heterocycles. The average molecular weight is 343 g/mol. The summed E-state index contributed by atoms with van der Waals surface area (Å²) in [6.07, 6.45) is 0.